The first-order chi connectivity index (χ1) is 11.9. The van der Waals surface area contributed by atoms with Gasteiger partial charge >= 0.3 is 0 Å². The average Bonchev–Trinajstić information content (AvgIpc) is 2.58. The molecule has 1 amide bonds. The molecule has 1 rings (SSSR count). The third kappa shape index (κ3) is 7.63. The smallest absolute Gasteiger partial charge is 0.255 e. The van der Waals surface area contributed by atoms with Gasteiger partial charge in [0.25, 0.3) is 5.91 Å². The summed E-state index contributed by atoms with van der Waals surface area (Å²) in [6.07, 6.45) is 2.28. The van der Waals surface area contributed by atoms with Gasteiger partial charge in [0, 0.05) is 42.0 Å². The number of likely N-dealkylation sites (N-methyl/N-ethyl adjacent to an activating group) is 1. The molecule has 0 saturated heterocycles. The molecule has 0 spiro atoms. The Kier molecular flexibility index (Phi) is 9.85. The number of halogens is 1. The van der Waals surface area contributed by atoms with Crippen LogP contribution in [0.2, 0.25) is 5.02 Å². The van der Waals surface area contributed by atoms with Crippen molar-refractivity contribution in [2.24, 2.45) is 0 Å². The molecule has 6 nitrogen and oxygen atoms in total. The number of nitrogens with two attached hydrogens (primary N) is 1. The Hall–Kier alpha value is -1.31. The number of nitrogen functional groups attached to an aromatic ring is 1. The van der Waals surface area contributed by atoms with E-state index in [4.69, 9.17) is 22.1 Å². The Labute approximate surface area is 157 Å². The fourth-order valence-corrected chi connectivity index (χ4v) is 2.96. The molecule has 1 aromatic carbocycles. The number of amides is 1. The van der Waals surface area contributed by atoms with Crippen LogP contribution in [-0.2, 0) is 10.8 Å². The largest absolute Gasteiger partial charge is 0.493 e. The maximum atomic E-state index is 12.5. The van der Waals surface area contributed by atoms with Crippen LogP contribution < -0.4 is 15.8 Å². The third-order valence-electron chi connectivity index (χ3n) is 3.79. The molecule has 0 saturated carbocycles. The Morgan fingerprint density at radius 3 is 2.64 bits per heavy atom. The summed E-state index contributed by atoms with van der Waals surface area (Å²) in [5.74, 6) is 0.696. The molecule has 142 valence electrons. The Bertz CT molecular complexity index is 595. The van der Waals surface area contributed by atoms with Gasteiger partial charge in [0.15, 0.2) is 0 Å². The van der Waals surface area contributed by atoms with E-state index in [1.54, 1.807) is 12.3 Å². The van der Waals surface area contributed by atoms with Gasteiger partial charge in [0.1, 0.15) is 5.75 Å². The molecule has 1 aromatic rings. The van der Waals surface area contributed by atoms with Gasteiger partial charge in [-0.25, -0.2) is 0 Å². The quantitative estimate of drug-likeness (QED) is 0.447. The maximum Gasteiger partial charge on any atom is 0.255 e. The molecule has 8 heteroatoms. The Balaban J connectivity index is 2.73. The highest BCUT2D eigenvalue weighted by Gasteiger charge is 2.15. The van der Waals surface area contributed by atoms with E-state index in [-0.39, 0.29) is 5.91 Å². The Morgan fingerprint density at radius 1 is 1.36 bits per heavy atom. The number of rotatable bonds is 11. The number of anilines is 1. The second-order valence-corrected chi connectivity index (χ2v) is 7.59. The van der Waals surface area contributed by atoms with Crippen molar-refractivity contribution in [3.63, 3.8) is 0 Å². The van der Waals surface area contributed by atoms with E-state index in [0.29, 0.717) is 47.3 Å². The molecule has 0 fully saturated rings. The van der Waals surface area contributed by atoms with Crippen LogP contribution >= 0.6 is 11.6 Å². The van der Waals surface area contributed by atoms with Crippen LogP contribution in [-0.4, -0.2) is 59.8 Å². The lowest BCUT2D eigenvalue weighted by atomic mass is 10.1. The summed E-state index contributed by atoms with van der Waals surface area (Å²) < 4.78 is 16.8. The first kappa shape index (κ1) is 21.7. The summed E-state index contributed by atoms with van der Waals surface area (Å²) in [6, 6.07) is 3.08. The minimum absolute atomic E-state index is 0.247. The van der Waals surface area contributed by atoms with E-state index in [1.807, 2.05) is 0 Å². The van der Waals surface area contributed by atoms with Gasteiger partial charge in [-0.1, -0.05) is 25.4 Å². The average molecular weight is 390 g/mol. The lowest BCUT2D eigenvalue weighted by Crippen LogP contribution is -2.35. The molecular formula is C17H28ClN3O3S. The normalized spacial score (nSPS) is 12.2. The van der Waals surface area contributed by atoms with Crippen LogP contribution in [0.15, 0.2) is 12.1 Å². The van der Waals surface area contributed by atoms with Crippen molar-refractivity contribution in [3.8, 4) is 5.75 Å². The number of ether oxygens (including phenoxy) is 1. The summed E-state index contributed by atoms with van der Waals surface area (Å²) in [6.45, 7) is 7.72. The SMILES string of the molecule is CCN(CC)CCNC(=O)c1cc(Cl)c(N)cc1OCCCS(C)=O. The van der Waals surface area contributed by atoms with Crippen molar-refractivity contribution in [1.82, 2.24) is 10.2 Å². The fraction of sp³-hybridized carbons (Fsp3) is 0.588. The molecule has 25 heavy (non-hydrogen) atoms. The second-order valence-electron chi connectivity index (χ2n) is 5.63. The molecule has 0 aliphatic carbocycles. The molecule has 3 N–H and O–H groups in total. The highest BCUT2D eigenvalue weighted by molar-refractivity contribution is 7.84. The zero-order chi connectivity index (χ0) is 18.8. The first-order valence-electron chi connectivity index (χ1n) is 8.41. The number of carbonyl (C=O) groups is 1. The van der Waals surface area contributed by atoms with Crippen LogP contribution in [0, 0.1) is 0 Å². The van der Waals surface area contributed by atoms with Crippen LogP contribution in [0.3, 0.4) is 0 Å². The number of nitrogens with zero attached hydrogens (tertiary/aromatic N) is 1. The predicted octanol–water partition coefficient (Wildman–Crippen LogP) is 2.14. The highest BCUT2D eigenvalue weighted by Crippen LogP contribution is 2.29. The topological polar surface area (TPSA) is 84.7 Å². The van der Waals surface area contributed by atoms with Crippen molar-refractivity contribution < 1.29 is 13.7 Å². The van der Waals surface area contributed by atoms with Gasteiger partial charge in [-0.05, 0) is 25.6 Å². The number of hydrogen-bond donors (Lipinski definition) is 2. The zero-order valence-corrected chi connectivity index (χ0v) is 16.7. The summed E-state index contributed by atoms with van der Waals surface area (Å²) in [5, 5.41) is 3.20. The zero-order valence-electron chi connectivity index (χ0n) is 15.1. The van der Waals surface area contributed by atoms with Crippen molar-refractivity contribution in [2.45, 2.75) is 20.3 Å². The monoisotopic (exact) mass is 389 g/mol. The number of carbonyl (C=O) groups excluding carboxylic acids is 1. The highest BCUT2D eigenvalue weighted by atomic mass is 35.5. The first-order valence-corrected chi connectivity index (χ1v) is 10.5. The maximum absolute atomic E-state index is 12.5. The van der Waals surface area contributed by atoms with Gasteiger partial charge in [-0.2, -0.15) is 0 Å². The minimum atomic E-state index is -0.866. The van der Waals surface area contributed by atoms with Gasteiger partial charge < -0.3 is 20.7 Å². The minimum Gasteiger partial charge on any atom is -0.493 e. The van der Waals surface area contributed by atoms with Crippen LogP contribution in [0.25, 0.3) is 0 Å². The van der Waals surface area contributed by atoms with Crippen molar-refractivity contribution >= 4 is 34.0 Å². The van der Waals surface area contributed by atoms with Crippen molar-refractivity contribution in [2.75, 3.05) is 50.5 Å². The lowest BCUT2D eigenvalue weighted by Gasteiger charge is -2.18. The predicted molar refractivity (Wildman–Crippen MR) is 105 cm³/mol. The van der Waals surface area contributed by atoms with E-state index in [2.05, 4.69) is 24.1 Å². The van der Waals surface area contributed by atoms with E-state index in [1.165, 1.54) is 6.07 Å². The summed E-state index contributed by atoms with van der Waals surface area (Å²) in [4.78, 5) is 14.7. The molecule has 0 aliphatic rings. The fourth-order valence-electron chi connectivity index (χ4n) is 2.27. The number of nitrogens with one attached hydrogen (secondary N) is 1. The van der Waals surface area contributed by atoms with Gasteiger partial charge in [-0.3, -0.25) is 9.00 Å². The van der Waals surface area contributed by atoms with E-state index in [0.717, 1.165) is 19.6 Å². The van der Waals surface area contributed by atoms with E-state index < -0.39 is 10.8 Å². The summed E-state index contributed by atoms with van der Waals surface area (Å²) in [7, 11) is -0.866. The second kappa shape index (κ2) is 11.3. The summed E-state index contributed by atoms with van der Waals surface area (Å²) in [5.41, 5.74) is 6.53. The van der Waals surface area contributed by atoms with Crippen LogP contribution in [0.1, 0.15) is 30.6 Å². The van der Waals surface area contributed by atoms with Crippen LogP contribution in [0.4, 0.5) is 5.69 Å². The third-order valence-corrected chi connectivity index (χ3v) is 4.98. The molecule has 0 aromatic heterocycles. The van der Waals surface area contributed by atoms with Gasteiger partial charge in [0.2, 0.25) is 0 Å². The molecule has 0 aliphatic heterocycles. The molecule has 0 radical (unpaired) electrons. The van der Waals surface area contributed by atoms with Gasteiger partial charge in [-0.15, -0.1) is 0 Å². The Morgan fingerprint density at radius 2 is 2.04 bits per heavy atom. The van der Waals surface area contributed by atoms with E-state index >= 15 is 0 Å². The molecule has 0 heterocycles. The van der Waals surface area contributed by atoms with Gasteiger partial charge in [0.05, 0.1) is 22.9 Å². The van der Waals surface area contributed by atoms with Crippen molar-refractivity contribution in [1.29, 1.82) is 0 Å². The van der Waals surface area contributed by atoms with Crippen molar-refractivity contribution in [3.05, 3.63) is 22.7 Å². The standard InChI is InChI=1S/C17H28ClN3O3S/c1-4-21(5-2)8-7-20-17(22)13-11-14(18)15(19)12-16(13)24-9-6-10-25(3)23/h11-12H,4-10,19H2,1-3H3,(H,20,22). The van der Waals surface area contributed by atoms with Crippen LogP contribution in [0.5, 0.6) is 5.75 Å². The molecule has 0 bridgehead atoms. The molecular weight excluding hydrogens is 362 g/mol. The lowest BCUT2D eigenvalue weighted by molar-refractivity contribution is 0.0945. The van der Waals surface area contributed by atoms with E-state index in [9.17, 15) is 9.00 Å². The molecule has 1 unspecified atom stereocenters. The summed E-state index contributed by atoms with van der Waals surface area (Å²) >= 11 is 6.05. The molecule has 1 atom stereocenters. The number of benzene rings is 1. The number of hydrogen-bond acceptors (Lipinski definition) is 5.